The lowest BCUT2D eigenvalue weighted by molar-refractivity contribution is 0.401. The van der Waals surface area contributed by atoms with Crippen molar-refractivity contribution in [3.8, 4) is 0 Å². The molecule has 0 aliphatic carbocycles. The third-order valence-corrected chi connectivity index (χ3v) is 4.91. The van der Waals surface area contributed by atoms with Gasteiger partial charge in [-0.3, -0.25) is 0 Å². The maximum atomic E-state index is 2.56. The van der Waals surface area contributed by atoms with Gasteiger partial charge in [0.2, 0.25) is 0 Å². The van der Waals surface area contributed by atoms with E-state index < -0.39 is 0 Å². The third-order valence-electron chi connectivity index (χ3n) is 4.91. The van der Waals surface area contributed by atoms with E-state index in [-0.39, 0.29) is 0 Å². The first kappa shape index (κ1) is 15.1. The van der Waals surface area contributed by atoms with Gasteiger partial charge in [0, 0.05) is 28.4 Å². The van der Waals surface area contributed by atoms with Crippen LogP contribution in [0, 0.1) is 12.8 Å². The van der Waals surface area contributed by atoms with Crippen molar-refractivity contribution < 1.29 is 0 Å². The molecule has 0 amide bonds. The predicted molar refractivity (Wildman–Crippen MR) is 97.5 cm³/mol. The molecular formula is C21H27N. The van der Waals surface area contributed by atoms with Crippen LogP contribution >= 0.6 is 0 Å². The number of para-hydroxylation sites is 1. The highest BCUT2D eigenvalue weighted by atomic mass is 15.0. The third kappa shape index (κ3) is 2.77. The molecule has 1 atom stereocenters. The zero-order chi connectivity index (χ0) is 15.5. The van der Waals surface area contributed by atoms with Gasteiger partial charge in [0.05, 0.1) is 0 Å². The molecule has 1 aromatic heterocycles. The Morgan fingerprint density at radius 2 is 1.73 bits per heavy atom. The number of aromatic nitrogens is 1. The van der Waals surface area contributed by atoms with Crippen LogP contribution in [0.15, 0.2) is 42.5 Å². The van der Waals surface area contributed by atoms with Crippen LogP contribution in [0.4, 0.5) is 0 Å². The zero-order valence-corrected chi connectivity index (χ0v) is 14.1. The van der Waals surface area contributed by atoms with E-state index in [1.807, 2.05) is 0 Å². The first-order valence-electron chi connectivity index (χ1n) is 8.72. The van der Waals surface area contributed by atoms with Crippen molar-refractivity contribution in [3.63, 3.8) is 0 Å². The molecule has 0 bridgehead atoms. The maximum absolute atomic E-state index is 2.56. The second-order valence-electron chi connectivity index (χ2n) is 6.56. The molecule has 0 N–H and O–H groups in total. The highest BCUT2D eigenvalue weighted by Crippen LogP contribution is 2.31. The molecule has 2 aromatic carbocycles. The van der Waals surface area contributed by atoms with Gasteiger partial charge in [-0.25, -0.2) is 0 Å². The van der Waals surface area contributed by atoms with Crippen molar-refractivity contribution in [3.05, 3.63) is 48.0 Å². The Bertz CT molecular complexity index is 766. The Morgan fingerprint density at radius 1 is 0.955 bits per heavy atom. The van der Waals surface area contributed by atoms with E-state index >= 15 is 0 Å². The summed E-state index contributed by atoms with van der Waals surface area (Å²) in [7, 11) is 0. The molecule has 3 rings (SSSR count). The van der Waals surface area contributed by atoms with Crippen molar-refractivity contribution in [1.29, 1.82) is 0 Å². The molecule has 0 aliphatic rings. The fourth-order valence-corrected chi connectivity index (χ4v) is 3.53. The molecule has 3 aromatic rings. The summed E-state index contributed by atoms with van der Waals surface area (Å²) in [5.41, 5.74) is 4.13. The maximum Gasteiger partial charge on any atom is 0.0494 e. The second-order valence-corrected chi connectivity index (χ2v) is 6.56. The van der Waals surface area contributed by atoms with Crippen molar-refractivity contribution in [2.75, 3.05) is 0 Å². The van der Waals surface area contributed by atoms with Crippen LogP contribution in [0.25, 0.3) is 21.8 Å². The molecular weight excluding hydrogens is 266 g/mol. The fraction of sp³-hybridized carbons (Fsp3) is 0.429. The van der Waals surface area contributed by atoms with E-state index in [1.165, 1.54) is 53.1 Å². The normalized spacial score (nSPS) is 13.0. The summed E-state index contributed by atoms with van der Waals surface area (Å²) in [6.45, 7) is 7.95. The summed E-state index contributed by atoms with van der Waals surface area (Å²) in [6, 6.07) is 15.7. The molecule has 0 aliphatic heterocycles. The Kier molecular flexibility index (Phi) is 4.52. The summed E-state index contributed by atoms with van der Waals surface area (Å²) in [4.78, 5) is 0. The fourth-order valence-electron chi connectivity index (χ4n) is 3.53. The summed E-state index contributed by atoms with van der Waals surface area (Å²) < 4.78 is 2.56. The van der Waals surface area contributed by atoms with E-state index in [1.54, 1.807) is 0 Å². The van der Waals surface area contributed by atoms with Gasteiger partial charge in [-0.15, -0.1) is 0 Å². The van der Waals surface area contributed by atoms with E-state index in [2.05, 4.69) is 67.8 Å². The van der Waals surface area contributed by atoms with Crippen LogP contribution in [0.5, 0.6) is 0 Å². The van der Waals surface area contributed by atoms with E-state index in [0.717, 1.165) is 12.5 Å². The van der Waals surface area contributed by atoms with Crippen molar-refractivity contribution in [2.24, 2.45) is 5.92 Å². The SMILES string of the molecule is CCCCC(CC)Cn1c2ccccc2c2ccc(C)cc21. The molecule has 1 heteroatoms. The van der Waals surface area contributed by atoms with Gasteiger partial charge in [0.1, 0.15) is 0 Å². The smallest absolute Gasteiger partial charge is 0.0494 e. The van der Waals surface area contributed by atoms with Gasteiger partial charge in [-0.05, 0) is 37.0 Å². The highest BCUT2D eigenvalue weighted by Gasteiger charge is 2.14. The van der Waals surface area contributed by atoms with Crippen LogP contribution in [-0.4, -0.2) is 4.57 Å². The van der Waals surface area contributed by atoms with Gasteiger partial charge < -0.3 is 4.57 Å². The molecule has 1 nitrogen and oxygen atoms in total. The molecule has 22 heavy (non-hydrogen) atoms. The Morgan fingerprint density at radius 3 is 2.50 bits per heavy atom. The lowest BCUT2D eigenvalue weighted by atomic mass is 9.99. The minimum Gasteiger partial charge on any atom is -0.340 e. The average molecular weight is 293 g/mol. The predicted octanol–water partition coefficient (Wildman–Crippen LogP) is 6.32. The number of unbranched alkanes of at least 4 members (excludes halogenated alkanes) is 1. The van der Waals surface area contributed by atoms with Gasteiger partial charge >= 0.3 is 0 Å². The van der Waals surface area contributed by atoms with E-state index in [0.29, 0.717) is 0 Å². The van der Waals surface area contributed by atoms with Gasteiger partial charge in [-0.1, -0.05) is 63.4 Å². The van der Waals surface area contributed by atoms with Crippen molar-refractivity contribution in [1.82, 2.24) is 4.57 Å². The number of fused-ring (bicyclic) bond motifs is 3. The standard InChI is InChI=1S/C21H27N/c1-4-6-9-17(5-2)15-22-20-11-8-7-10-18(20)19-13-12-16(3)14-21(19)22/h7-8,10-14,17H,4-6,9,15H2,1-3H3. The molecule has 1 heterocycles. The quantitative estimate of drug-likeness (QED) is 0.501. The van der Waals surface area contributed by atoms with Gasteiger partial charge in [-0.2, -0.15) is 0 Å². The largest absolute Gasteiger partial charge is 0.340 e. The minimum atomic E-state index is 0.777. The highest BCUT2D eigenvalue weighted by molar-refractivity contribution is 6.08. The van der Waals surface area contributed by atoms with Crippen LogP contribution in [-0.2, 0) is 6.54 Å². The summed E-state index contributed by atoms with van der Waals surface area (Å²) >= 11 is 0. The number of hydrogen-bond acceptors (Lipinski definition) is 0. The minimum absolute atomic E-state index is 0.777. The number of aryl methyl sites for hydroxylation is 1. The molecule has 1 unspecified atom stereocenters. The molecule has 0 radical (unpaired) electrons. The van der Waals surface area contributed by atoms with Crippen molar-refractivity contribution >= 4 is 21.8 Å². The molecule has 0 saturated heterocycles. The molecule has 0 fully saturated rings. The summed E-state index contributed by atoms with van der Waals surface area (Å²) in [6.07, 6.45) is 5.24. The molecule has 0 saturated carbocycles. The Balaban J connectivity index is 2.10. The summed E-state index contributed by atoms with van der Waals surface area (Å²) in [5, 5.41) is 2.79. The number of benzene rings is 2. The van der Waals surface area contributed by atoms with Crippen LogP contribution in [0.3, 0.4) is 0 Å². The lowest BCUT2D eigenvalue weighted by Gasteiger charge is -2.17. The first-order valence-corrected chi connectivity index (χ1v) is 8.72. The molecule has 0 spiro atoms. The van der Waals surface area contributed by atoms with Gasteiger partial charge in [0.15, 0.2) is 0 Å². The average Bonchev–Trinajstić information content (AvgIpc) is 2.84. The van der Waals surface area contributed by atoms with Crippen LogP contribution in [0.1, 0.15) is 45.1 Å². The van der Waals surface area contributed by atoms with Gasteiger partial charge in [0.25, 0.3) is 0 Å². The molecule has 116 valence electrons. The second kappa shape index (κ2) is 6.56. The number of hydrogen-bond donors (Lipinski definition) is 0. The van der Waals surface area contributed by atoms with E-state index in [9.17, 15) is 0 Å². The van der Waals surface area contributed by atoms with Crippen LogP contribution in [0.2, 0.25) is 0 Å². The first-order chi connectivity index (χ1) is 10.7. The summed E-state index contributed by atoms with van der Waals surface area (Å²) in [5.74, 6) is 0.777. The topological polar surface area (TPSA) is 4.93 Å². The van der Waals surface area contributed by atoms with E-state index in [4.69, 9.17) is 0 Å². The van der Waals surface area contributed by atoms with Crippen molar-refractivity contribution in [2.45, 2.75) is 53.0 Å². The monoisotopic (exact) mass is 293 g/mol. The Labute approximate surface area is 133 Å². The lowest BCUT2D eigenvalue weighted by Crippen LogP contribution is -2.10. The number of nitrogens with zero attached hydrogens (tertiary/aromatic N) is 1. The zero-order valence-electron chi connectivity index (χ0n) is 14.1. The Hall–Kier alpha value is -1.76. The van der Waals surface area contributed by atoms with Crippen LogP contribution < -0.4 is 0 Å². The number of rotatable bonds is 6.